The summed E-state index contributed by atoms with van der Waals surface area (Å²) in [7, 11) is 0. The summed E-state index contributed by atoms with van der Waals surface area (Å²) in [5.74, 6) is -16.6. The van der Waals surface area contributed by atoms with Crippen molar-refractivity contribution in [1.29, 1.82) is 0 Å². The van der Waals surface area contributed by atoms with Crippen molar-refractivity contribution < 1.29 is 63.0 Å². The van der Waals surface area contributed by atoms with Crippen LogP contribution in [0.25, 0.3) is 0 Å². The van der Waals surface area contributed by atoms with Crippen LogP contribution in [0, 0.1) is 0 Å². The molecule has 0 aliphatic rings. The lowest BCUT2D eigenvalue weighted by atomic mass is 10.2. The molecule has 0 aromatic carbocycles. The first-order valence-corrected chi connectivity index (χ1v) is 8.94. The zero-order valence-corrected chi connectivity index (χ0v) is 16.2. The molecule has 0 saturated heterocycles. The second kappa shape index (κ2) is 11.7. The van der Waals surface area contributed by atoms with Crippen LogP contribution in [0.4, 0.5) is 43.9 Å². The van der Waals surface area contributed by atoms with Crippen molar-refractivity contribution in [3.8, 4) is 0 Å². The Morgan fingerprint density at radius 2 is 0.968 bits per heavy atom. The van der Waals surface area contributed by atoms with Gasteiger partial charge in [-0.25, -0.2) is 9.59 Å². The van der Waals surface area contributed by atoms with Gasteiger partial charge >= 0.3 is 36.1 Å². The lowest BCUT2D eigenvalue weighted by molar-refractivity contribution is -0.280. The highest BCUT2D eigenvalue weighted by Gasteiger charge is 2.65. The predicted octanol–water partition coefficient (Wildman–Crippen LogP) is 4.35. The van der Waals surface area contributed by atoms with Gasteiger partial charge in [0.25, 0.3) is 0 Å². The summed E-state index contributed by atoms with van der Waals surface area (Å²) < 4.78 is 130. The molecule has 0 rings (SSSR count). The minimum Gasteiger partial charge on any atom is -0.461 e. The first-order chi connectivity index (χ1) is 14.0. The predicted molar refractivity (Wildman–Crippen MR) is 84.5 cm³/mol. The summed E-state index contributed by atoms with van der Waals surface area (Å²) in [5.41, 5.74) is 0. The van der Waals surface area contributed by atoms with Crippen LogP contribution < -0.4 is 0 Å². The van der Waals surface area contributed by atoms with E-state index in [-0.39, 0.29) is 25.7 Å². The number of rotatable bonds is 13. The molecule has 0 aliphatic carbocycles. The van der Waals surface area contributed by atoms with E-state index in [0.29, 0.717) is 19.6 Å². The molecule has 0 amide bonds. The molecule has 0 unspecified atom stereocenters. The number of carbonyl (C=O) groups excluding carboxylic acids is 2. The minimum absolute atomic E-state index is 0.0136. The molecule has 0 bridgehead atoms. The van der Waals surface area contributed by atoms with Crippen molar-refractivity contribution in [3.63, 3.8) is 0 Å². The first-order valence-electron chi connectivity index (χ1n) is 8.94. The standard InChI is InChI=1S/C16H21F10NO4/c1-2-27(7-3-5-9-30-11(28)13(17,18)15(21,22)23)8-4-6-10-31-12(29)14(19,20)16(24,25)26/h2-10H2,1H3. The number of ether oxygens (including phenoxy) is 2. The minimum atomic E-state index is -6.06. The van der Waals surface area contributed by atoms with Crippen molar-refractivity contribution >= 4 is 11.9 Å². The Morgan fingerprint density at radius 1 is 0.645 bits per heavy atom. The van der Waals surface area contributed by atoms with Gasteiger partial charge in [0.15, 0.2) is 0 Å². The maximum atomic E-state index is 12.7. The number of carbonyl (C=O) groups is 2. The monoisotopic (exact) mass is 481 g/mol. The molecular formula is C16H21F10NO4. The molecule has 15 heteroatoms. The maximum Gasteiger partial charge on any atom is 0.465 e. The summed E-state index contributed by atoms with van der Waals surface area (Å²) in [6.45, 7) is 1.48. The number of unbranched alkanes of at least 4 members (excludes halogenated alkanes) is 2. The van der Waals surface area contributed by atoms with Crippen LogP contribution in [-0.4, -0.2) is 73.9 Å². The Hall–Kier alpha value is -1.80. The van der Waals surface area contributed by atoms with Gasteiger partial charge in [-0.1, -0.05) is 6.92 Å². The van der Waals surface area contributed by atoms with Crippen molar-refractivity contribution in [2.75, 3.05) is 32.8 Å². The number of hydrogen-bond donors (Lipinski definition) is 0. The largest absolute Gasteiger partial charge is 0.465 e. The molecule has 5 nitrogen and oxygen atoms in total. The fraction of sp³-hybridized carbons (Fsp3) is 0.875. The Morgan fingerprint density at radius 3 is 1.23 bits per heavy atom. The average Bonchev–Trinajstić information content (AvgIpc) is 2.63. The van der Waals surface area contributed by atoms with Crippen LogP contribution >= 0.6 is 0 Å². The summed E-state index contributed by atoms with van der Waals surface area (Å²) in [4.78, 5) is 23.3. The molecule has 0 aromatic rings. The van der Waals surface area contributed by atoms with E-state index in [1.165, 1.54) is 0 Å². The van der Waals surface area contributed by atoms with Crippen LogP contribution in [0.1, 0.15) is 32.6 Å². The van der Waals surface area contributed by atoms with Gasteiger partial charge in [0, 0.05) is 0 Å². The maximum absolute atomic E-state index is 12.7. The molecule has 184 valence electrons. The normalized spacial score (nSPS) is 13.4. The fourth-order valence-electron chi connectivity index (χ4n) is 2.05. The SMILES string of the molecule is CCN(CCCCOC(=O)C(F)(F)C(F)(F)F)CCCCOC(=O)C(F)(F)C(F)(F)F. The number of alkyl halides is 10. The van der Waals surface area contributed by atoms with Gasteiger partial charge in [0.1, 0.15) is 0 Å². The smallest absolute Gasteiger partial charge is 0.461 e. The van der Waals surface area contributed by atoms with Crippen LogP contribution in [0.3, 0.4) is 0 Å². The van der Waals surface area contributed by atoms with Crippen LogP contribution in [0.2, 0.25) is 0 Å². The van der Waals surface area contributed by atoms with E-state index >= 15 is 0 Å². The Balaban J connectivity index is 4.07. The molecule has 31 heavy (non-hydrogen) atoms. The zero-order valence-electron chi connectivity index (χ0n) is 16.2. The summed E-state index contributed by atoms with van der Waals surface area (Å²) in [6, 6.07) is 0. The number of halogens is 10. The van der Waals surface area contributed by atoms with E-state index in [1.54, 1.807) is 11.8 Å². The van der Waals surface area contributed by atoms with E-state index in [9.17, 15) is 53.5 Å². The topological polar surface area (TPSA) is 55.8 Å². The van der Waals surface area contributed by atoms with E-state index in [4.69, 9.17) is 0 Å². The lowest BCUT2D eigenvalue weighted by Crippen LogP contribution is -2.45. The number of hydrogen-bond acceptors (Lipinski definition) is 5. The van der Waals surface area contributed by atoms with Crippen molar-refractivity contribution in [1.82, 2.24) is 4.90 Å². The molecule has 0 saturated carbocycles. The van der Waals surface area contributed by atoms with Gasteiger partial charge in [0.2, 0.25) is 0 Å². The zero-order chi connectivity index (χ0) is 24.5. The van der Waals surface area contributed by atoms with Crippen molar-refractivity contribution in [2.45, 2.75) is 56.8 Å². The van der Waals surface area contributed by atoms with E-state index < -0.39 is 49.4 Å². The van der Waals surface area contributed by atoms with Gasteiger partial charge in [-0.05, 0) is 45.3 Å². The molecule has 0 aromatic heterocycles. The van der Waals surface area contributed by atoms with Gasteiger partial charge in [-0.3, -0.25) is 0 Å². The van der Waals surface area contributed by atoms with Crippen LogP contribution in [0.5, 0.6) is 0 Å². The average molecular weight is 481 g/mol. The third-order valence-electron chi connectivity index (χ3n) is 3.88. The molecule has 0 aliphatic heterocycles. The second-order valence-electron chi connectivity index (χ2n) is 6.26. The number of nitrogens with zero attached hydrogens (tertiary/aromatic N) is 1. The Labute approximate surface area is 170 Å². The van der Waals surface area contributed by atoms with Gasteiger partial charge in [0.05, 0.1) is 13.2 Å². The third-order valence-corrected chi connectivity index (χ3v) is 3.88. The van der Waals surface area contributed by atoms with E-state index in [0.717, 1.165) is 0 Å². The van der Waals surface area contributed by atoms with Crippen molar-refractivity contribution in [3.05, 3.63) is 0 Å². The molecule has 0 N–H and O–H groups in total. The summed E-state index contributed by atoms with van der Waals surface area (Å²) in [6.07, 6.45) is -11.6. The summed E-state index contributed by atoms with van der Waals surface area (Å²) >= 11 is 0. The molecular weight excluding hydrogens is 460 g/mol. The van der Waals surface area contributed by atoms with Gasteiger partial charge in [-0.15, -0.1) is 0 Å². The van der Waals surface area contributed by atoms with Crippen LogP contribution in [0.15, 0.2) is 0 Å². The Kier molecular flexibility index (Phi) is 11.0. The molecule has 0 spiro atoms. The molecule has 0 radical (unpaired) electrons. The highest BCUT2D eigenvalue weighted by molar-refractivity contribution is 5.79. The molecule has 0 heterocycles. The summed E-state index contributed by atoms with van der Waals surface area (Å²) in [5, 5.41) is 0. The fourth-order valence-corrected chi connectivity index (χ4v) is 2.05. The van der Waals surface area contributed by atoms with E-state index in [2.05, 4.69) is 9.47 Å². The van der Waals surface area contributed by atoms with Crippen LogP contribution in [-0.2, 0) is 19.1 Å². The third kappa shape index (κ3) is 9.07. The highest BCUT2D eigenvalue weighted by Crippen LogP contribution is 2.37. The number of esters is 2. The highest BCUT2D eigenvalue weighted by atomic mass is 19.4. The second-order valence-corrected chi connectivity index (χ2v) is 6.26. The van der Waals surface area contributed by atoms with Crippen molar-refractivity contribution in [2.24, 2.45) is 0 Å². The molecule has 0 atom stereocenters. The Bertz CT molecular complexity index is 530. The lowest BCUT2D eigenvalue weighted by Gasteiger charge is -2.21. The van der Waals surface area contributed by atoms with E-state index in [1.807, 2.05) is 0 Å². The molecule has 0 fully saturated rings. The van der Waals surface area contributed by atoms with Gasteiger partial charge < -0.3 is 14.4 Å². The van der Waals surface area contributed by atoms with Gasteiger partial charge in [-0.2, -0.15) is 43.9 Å². The quantitative estimate of drug-likeness (QED) is 0.223. The first kappa shape index (κ1) is 29.2.